The molecule has 2 amide bonds. The van der Waals surface area contributed by atoms with Gasteiger partial charge >= 0.3 is 12.0 Å². The van der Waals surface area contributed by atoms with Crippen LogP contribution in [0.4, 0.5) is 4.79 Å². The molecule has 2 N–H and O–H groups in total. The molecule has 0 aliphatic heterocycles. The molecule has 1 rings (SSSR count). The van der Waals surface area contributed by atoms with E-state index in [2.05, 4.69) is 11.9 Å². The first-order valence-electron chi connectivity index (χ1n) is 6.33. The van der Waals surface area contributed by atoms with Gasteiger partial charge in [-0.2, -0.15) is 0 Å². The number of rotatable bonds is 6. The molecule has 1 atom stereocenters. The lowest BCUT2D eigenvalue weighted by atomic mass is 10.1. The van der Waals surface area contributed by atoms with Crippen LogP contribution in [0.25, 0.3) is 0 Å². The maximum atomic E-state index is 11.9. The van der Waals surface area contributed by atoms with Crippen molar-refractivity contribution >= 4 is 12.0 Å². The van der Waals surface area contributed by atoms with Crippen LogP contribution in [0.15, 0.2) is 42.5 Å². The molecule has 108 valence electrons. The molecule has 0 radical (unpaired) electrons. The van der Waals surface area contributed by atoms with Crippen LogP contribution in [0.1, 0.15) is 12.5 Å². The molecule has 1 aromatic carbocycles. The normalized spacial score (nSPS) is 11.5. The molecular weight excluding hydrogens is 256 g/mol. The molecule has 0 saturated carbocycles. The highest BCUT2D eigenvalue weighted by molar-refractivity contribution is 5.82. The molecule has 5 nitrogen and oxygen atoms in total. The Balaban J connectivity index is 2.66. The molecule has 0 fully saturated rings. The number of nitrogens with one attached hydrogen (secondary N) is 1. The van der Waals surface area contributed by atoms with Crippen LogP contribution in [0, 0.1) is 0 Å². The first kappa shape index (κ1) is 15.8. The standard InChI is InChI=1S/C15H20N2O3/c1-11(2)10-17(3)15(20)16-13(14(18)19)9-12-7-5-4-6-8-12/h4-8,13H,1,9-10H2,2-3H3,(H,16,20)(H,18,19). The Labute approximate surface area is 118 Å². The zero-order chi connectivity index (χ0) is 15.1. The van der Waals surface area contributed by atoms with Gasteiger partial charge in [-0.3, -0.25) is 0 Å². The maximum Gasteiger partial charge on any atom is 0.326 e. The Hall–Kier alpha value is -2.30. The number of benzene rings is 1. The minimum atomic E-state index is -1.05. The van der Waals surface area contributed by atoms with Crippen LogP contribution in [0.2, 0.25) is 0 Å². The number of hydrogen-bond donors (Lipinski definition) is 2. The highest BCUT2D eigenvalue weighted by Gasteiger charge is 2.21. The van der Waals surface area contributed by atoms with Gasteiger partial charge in [-0.1, -0.05) is 42.5 Å². The van der Waals surface area contributed by atoms with Crippen molar-refractivity contribution in [2.24, 2.45) is 0 Å². The fourth-order valence-corrected chi connectivity index (χ4v) is 1.79. The maximum absolute atomic E-state index is 11.9. The van der Waals surface area contributed by atoms with Gasteiger partial charge in [0.2, 0.25) is 0 Å². The van der Waals surface area contributed by atoms with Gasteiger partial charge in [-0.05, 0) is 12.5 Å². The summed E-state index contributed by atoms with van der Waals surface area (Å²) in [5.41, 5.74) is 1.69. The summed E-state index contributed by atoms with van der Waals surface area (Å²) in [5.74, 6) is -1.05. The summed E-state index contributed by atoms with van der Waals surface area (Å²) >= 11 is 0. The van der Waals surface area contributed by atoms with Gasteiger partial charge in [0.05, 0.1) is 0 Å². The average Bonchev–Trinajstić information content (AvgIpc) is 2.38. The van der Waals surface area contributed by atoms with Gasteiger partial charge in [0.1, 0.15) is 6.04 Å². The number of aliphatic carboxylic acids is 1. The van der Waals surface area contributed by atoms with Crippen molar-refractivity contribution in [2.75, 3.05) is 13.6 Å². The molecule has 0 aliphatic carbocycles. The van der Waals surface area contributed by atoms with E-state index in [9.17, 15) is 14.7 Å². The van der Waals surface area contributed by atoms with Gasteiger partial charge in [-0.15, -0.1) is 0 Å². The van der Waals surface area contributed by atoms with Crippen molar-refractivity contribution in [1.82, 2.24) is 10.2 Å². The number of carboxylic acids is 1. The number of nitrogens with zero attached hydrogens (tertiary/aromatic N) is 1. The molecule has 0 spiro atoms. The first-order valence-corrected chi connectivity index (χ1v) is 6.33. The lowest BCUT2D eigenvalue weighted by molar-refractivity contribution is -0.139. The summed E-state index contributed by atoms with van der Waals surface area (Å²) in [6.45, 7) is 5.92. The number of likely N-dealkylation sites (N-methyl/N-ethyl adjacent to an activating group) is 1. The highest BCUT2D eigenvalue weighted by atomic mass is 16.4. The molecule has 0 aromatic heterocycles. The molecular formula is C15H20N2O3. The van der Waals surface area contributed by atoms with E-state index in [1.165, 1.54) is 4.90 Å². The van der Waals surface area contributed by atoms with Gasteiger partial charge in [0.15, 0.2) is 0 Å². The molecule has 0 aliphatic rings. The largest absolute Gasteiger partial charge is 0.480 e. The smallest absolute Gasteiger partial charge is 0.326 e. The van der Waals surface area contributed by atoms with E-state index in [0.717, 1.165) is 11.1 Å². The monoisotopic (exact) mass is 276 g/mol. The van der Waals surface area contributed by atoms with Crippen LogP contribution in [0.3, 0.4) is 0 Å². The lowest BCUT2D eigenvalue weighted by Crippen LogP contribution is -2.48. The highest BCUT2D eigenvalue weighted by Crippen LogP contribution is 2.04. The van der Waals surface area contributed by atoms with E-state index < -0.39 is 18.0 Å². The van der Waals surface area contributed by atoms with Crippen molar-refractivity contribution in [1.29, 1.82) is 0 Å². The summed E-state index contributed by atoms with van der Waals surface area (Å²) in [5, 5.41) is 11.7. The summed E-state index contributed by atoms with van der Waals surface area (Å²) in [4.78, 5) is 24.5. The number of carboxylic acid groups (broad SMARTS) is 1. The third-order valence-electron chi connectivity index (χ3n) is 2.73. The minimum absolute atomic E-state index is 0.253. The Morgan fingerprint density at radius 2 is 1.95 bits per heavy atom. The van der Waals surface area contributed by atoms with Crippen LogP contribution >= 0.6 is 0 Å². The van der Waals surface area contributed by atoms with E-state index in [0.29, 0.717) is 6.54 Å². The Morgan fingerprint density at radius 3 is 2.45 bits per heavy atom. The van der Waals surface area contributed by atoms with Crippen LogP contribution in [-0.2, 0) is 11.2 Å². The third-order valence-corrected chi connectivity index (χ3v) is 2.73. The zero-order valence-electron chi connectivity index (χ0n) is 11.8. The van der Waals surface area contributed by atoms with E-state index in [4.69, 9.17) is 0 Å². The second kappa shape index (κ2) is 7.33. The van der Waals surface area contributed by atoms with Crippen molar-refractivity contribution in [3.8, 4) is 0 Å². The summed E-state index contributed by atoms with van der Waals surface area (Å²) < 4.78 is 0. The molecule has 0 bridgehead atoms. The van der Waals surface area contributed by atoms with E-state index in [1.807, 2.05) is 37.3 Å². The predicted octanol–water partition coefficient (Wildman–Crippen LogP) is 1.90. The summed E-state index contributed by atoms with van der Waals surface area (Å²) in [7, 11) is 1.60. The molecule has 1 aromatic rings. The van der Waals surface area contributed by atoms with Gasteiger partial charge in [-0.25, -0.2) is 9.59 Å². The third kappa shape index (κ3) is 5.14. The molecule has 20 heavy (non-hydrogen) atoms. The van der Waals surface area contributed by atoms with Gasteiger partial charge in [0, 0.05) is 20.0 Å². The number of hydrogen-bond acceptors (Lipinski definition) is 2. The SMILES string of the molecule is C=C(C)CN(C)C(=O)NC(Cc1ccccc1)C(=O)O. The number of carbonyl (C=O) groups excluding carboxylic acids is 1. The van der Waals surface area contributed by atoms with Crippen molar-refractivity contribution < 1.29 is 14.7 Å². The second-order valence-corrected chi connectivity index (χ2v) is 4.84. The molecule has 1 unspecified atom stereocenters. The minimum Gasteiger partial charge on any atom is -0.480 e. The summed E-state index contributed by atoms with van der Waals surface area (Å²) in [6.07, 6.45) is 0.253. The van der Waals surface area contributed by atoms with Crippen molar-refractivity contribution in [3.05, 3.63) is 48.0 Å². The van der Waals surface area contributed by atoms with Crippen LogP contribution in [-0.4, -0.2) is 41.6 Å². The van der Waals surface area contributed by atoms with E-state index >= 15 is 0 Å². The topological polar surface area (TPSA) is 69.6 Å². The Kier molecular flexibility index (Phi) is 5.77. The molecule has 0 heterocycles. The van der Waals surface area contributed by atoms with Crippen molar-refractivity contribution in [3.63, 3.8) is 0 Å². The average molecular weight is 276 g/mol. The predicted molar refractivity (Wildman–Crippen MR) is 77.5 cm³/mol. The first-order chi connectivity index (χ1) is 9.40. The Morgan fingerprint density at radius 1 is 1.35 bits per heavy atom. The fourth-order valence-electron chi connectivity index (χ4n) is 1.79. The molecule has 5 heteroatoms. The number of carbonyl (C=O) groups is 2. The number of amides is 2. The van der Waals surface area contributed by atoms with Gasteiger partial charge < -0.3 is 15.3 Å². The quantitative estimate of drug-likeness (QED) is 0.780. The van der Waals surface area contributed by atoms with Crippen molar-refractivity contribution in [2.45, 2.75) is 19.4 Å². The zero-order valence-corrected chi connectivity index (χ0v) is 11.8. The summed E-state index contributed by atoms with van der Waals surface area (Å²) in [6, 6.07) is 7.83. The van der Waals surface area contributed by atoms with E-state index in [1.54, 1.807) is 7.05 Å². The van der Waals surface area contributed by atoms with Gasteiger partial charge in [0.25, 0.3) is 0 Å². The molecule has 0 saturated heterocycles. The van der Waals surface area contributed by atoms with Crippen LogP contribution in [0.5, 0.6) is 0 Å². The Bertz CT molecular complexity index is 485. The lowest BCUT2D eigenvalue weighted by Gasteiger charge is -2.21. The fraction of sp³-hybridized carbons (Fsp3) is 0.333. The number of urea groups is 1. The van der Waals surface area contributed by atoms with E-state index in [-0.39, 0.29) is 6.42 Å². The second-order valence-electron chi connectivity index (χ2n) is 4.84. The van der Waals surface area contributed by atoms with Crippen LogP contribution < -0.4 is 5.32 Å².